The van der Waals surface area contributed by atoms with Crippen molar-refractivity contribution in [1.82, 2.24) is 15.0 Å². The molecule has 0 amide bonds. The Morgan fingerprint density at radius 2 is 2.10 bits per heavy atom. The number of hydrogen-bond acceptors (Lipinski definition) is 5. The monoisotopic (exact) mass is 311 g/mol. The second-order valence-electron chi connectivity index (χ2n) is 4.15. The Labute approximate surface area is 126 Å². The molecule has 0 saturated carbocycles. The van der Waals surface area contributed by atoms with Crippen molar-refractivity contribution in [2.75, 3.05) is 13.7 Å². The molecule has 0 bridgehead atoms. The van der Waals surface area contributed by atoms with Gasteiger partial charge in [0.05, 0.1) is 18.8 Å². The van der Waals surface area contributed by atoms with E-state index >= 15 is 0 Å². The van der Waals surface area contributed by atoms with Gasteiger partial charge in [-0.15, -0.1) is 5.10 Å². The number of nitrogens with zero attached hydrogens (tertiary/aromatic N) is 3. The predicted octanol–water partition coefficient (Wildman–Crippen LogP) is 1.86. The zero-order valence-corrected chi connectivity index (χ0v) is 12.1. The van der Waals surface area contributed by atoms with Crippen LogP contribution < -0.4 is 4.74 Å². The van der Waals surface area contributed by atoms with Gasteiger partial charge in [0.2, 0.25) is 0 Å². The van der Waals surface area contributed by atoms with Crippen molar-refractivity contribution in [3.8, 4) is 5.75 Å². The highest BCUT2D eigenvalue weighted by Gasteiger charge is 2.18. The number of carboxylic acid groups (broad SMARTS) is 1. The molecule has 0 aliphatic carbocycles. The zero-order chi connectivity index (χ0) is 15.2. The van der Waals surface area contributed by atoms with Crippen LogP contribution in [0.25, 0.3) is 0 Å². The van der Waals surface area contributed by atoms with E-state index in [1.165, 1.54) is 11.8 Å². The fourth-order valence-corrected chi connectivity index (χ4v) is 1.86. The Morgan fingerprint density at radius 3 is 2.71 bits per heavy atom. The SMILES string of the molecule is COCc1c(C(=O)O)nnn1CCOc1ccc(Cl)cc1. The Morgan fingerprint density at radius 1 is 1.38 bits per heavy atom. The number of carbonyl (C=O) groups is 1. The Bertz CT molecular complexity index is 612. The van der Waals surface area contributed by atoms with Crippen LogP contribution in [0.2, 0.25) is 5.02 Å². The molecule has 1 aromatic heterocycles. The topological polar surface area (TPSA) is 86.5 Å². The maximum Gasteiger partial charge on any atom is 0.358 e. The number of benzene rings is 1. The van der Waals surface area contributed by atoms with E-state index in [0.29, 0.717) is 29.6 Å². The van der Waals surface area contributed by atoms with Gasteiger partial charge in [0.15, 0.2) is 5.69 Å². The molecule has 1 heterocycles. The van der Waals surface area contributed by atoms with Gasteiger partial charge in [-0.05, 0) is 24.3 Å². The Kier molecular flexibility index (Phi) is 5.13. The summed E-state index contributed by atoms with van der Waals surface area (Å²) in [4.78, 5) is 11.0. The van der Waals surface area contributed by atoms with Gasteiger partial charge in [0.1, 0.15) is 12.4 Å². The van der Waals surface area contributed by atoms with Crippen molar-refractivity contribution in [2.45, 2.75) is 13.2 Å². The van der Waals surface area contributed by atoms with Crippen molar-refractivity contribution in [3.05, 3.63) is 40.7 Å². The number of carboxylic acids is 1. The summed E-state index contributed by atoms with van der Waals surface area (Å²) in [6.07, 6.45) is 0. The third-order valence-corrected chi connectivity index (χ3v) is 2.96. The summed E-state index contributed by atoms with van der Waals surface area (Å²) < 4.78 is 12.0. The average Bonchev–Trinajstić information content (AvgIpc) is 2.85. The van der Waals surface area contributed by atoms with E-state index in [-0.39, 0.29) is 12.3 Å². The minimum atomic E-state index is -1.13. The van der Waals surface area contributed by atoms with Crippen LogP contribution in [0.4, 0.5) is 0 Å². The van der Waals surface area contributed by atoms with Crippen LogP contribution in [0.3, 0.4) is 0 Å². The fraction of sp³-hybridized carbons (Fsp3) is 0.308. The third kappa shape index (κ3) is 3.93. The number of ether oxygens (including phenoxy) is 2. The van der Waals surface area contributed by atoms with Crippen LogP contribution in [-0.2, 0) is 17.9 Å². The maximum atomic E-state index is 11.0. The molecule has 112 valence electrons. The molecule has 21 heavy (non-hydrogen) atoms. The number of aromatic nitrogens is 3. The van der Waals surface area contributed by atoms with E-state index in [0.717, 1.165) is 0 Å². The van der Waals surface area contributed by atoms with Gasteiger partial charge in [-0.2, -0.15) is 0 Å². The number of hydrogen-bond donors (Lipinski definition) is 1. The maximum absolute atomic E-state index is 11.0. The van der Waals surface area contributed by atoms with Gasteiger partial charge in [-0.3, -0.25) is 0 Å². The molecule has 0 spiro atoms. The van der Waals surface area contributed by atoms with Gasteiger partial charge in [-0.25, -0.2) is 9.48 Å². The molecule has 2 aromatic rings. The summed E-state index contributed by atoms with van der Waals surface area (Å²) >= 11 is 5.78. The van der Waals surface area contributed by atoms with Crippen LogP contribution >= 0.6 is 11.6 Å². The summed E-state index contributed by atoms with van der Waals surface area (Å²) in [6.45, 7) is 0.804. The first-order chi connectivity index (χ1) is 10.1. The van der Waals surface area contributed by atoms with Crippen LogP contribution in [0.1, 0.15) is 16.2 Å². The molecule has 0 atom stereocenters. The standard InChI is InChI=1S/C13H14ClN3O4/c1-20-8-11-12(13(18)19)15-16-17(11)6-7-21-10-4-2-9(14)3-5-10/h2-5H,6-8H2,1H3,(H,18,19). The molecule has 7 nitrogen and oxygen atoms in total. The minimum absolute atomic E-state index is 0.108. The molecule has 0 fully saturated rings. The first-order valence-corrected chi connectivity index (χ1v) is 6.52. The van der Waals surface area contributed by atoms with Gasteiger partial charge < -0.3 is 14.6 Å². The lowest BCUT2D eigenvalue weighted by Crippen LogP contribution is -2.14. The van der Waals surface area contributed by atoms with Gasteiger partial charge in [0, 0.05) is 12.1 Å². The van der Waals surface area contributed by atoms with Crippen LogP contribution in [0.5, 0.6) is 5.75 Å². The van der Waals surface area contributed by atoms with Gasteiger partial charge >= 0.3 is 5.97 Å². The van der Waals surface area contributed by atoms with E-state index in [2.05, 4.69) is 10.3 Å². The van der Waals surface area contributed by atoms with E-state index in [9.17, 15) is 4.79 Å². The molecule has 0 aliphatic rings. The van der Waals surface area contributed by atoms with E-state index in [1.807, 2.05) is 0 Å². The van der Waals surface area contributed by atoms with Crippen LogP contribution in [0, 0.1) is 0 Å². The quantitative estimate of drug-likeness (QED) is 0.840. The van der Waals surface area contributed by atoms with E-state index < -0.39 is 5.97 Å². The second kappa shape index (κ2) is 7.05. The molecular formula is C13H14ClN3O4. The van der Waals surface area contributed by atoms with Crippen molar-refractivity contribution < 1.29 is 19.4 Å². The van der Waals surface area contributed by atoms with Gasteiger partial charge in [-0.1, -0.05) is 16.8 Å². The summed E-state index contributed by atoms with van der Waals surface area (Å²) in [6, 6.07) is 6.96. The molecule has 0 radical (unpaired) electrons. The van der Waals surface area contributed by atoms with E-state index in [4.69, 9.17) is 26.2 Å². The summed E-state index contributed by atoms with van der Waals surface area (Å²) in [5, 5.41) is 17.1. The molecule has 1 aromatic carbocycles. The summed E-state index contributed by atoms with van der Waals surface area (Å²) in [5.74, 6) is -0.460. The van der Waals surface area contributed by atoms with Crippen LogP contribution in [0.15, 0.2) is 24.3 Å². The lowest BCUT2D eigenvalue weighted by atomic mass is 10.3. The fourth-order valence-electron chi connectivity index (χ4n) is 1.74. The van der Waals surface area contributed by atoms with Gasteiger partial charge in [0.25, 0.3) is 0 Å². The predicted molar refractivity (Wildman–Crippen MR) is 74.6 cm³/mol. The molecule has 8 heteroatoms. The first kappa shape index (κ1) is 15.3. The van der Waals surface area contributed by atoms with Crippen LogP contribution in [-0.4, -0.2) is 39.8 Å². The highest BCUT2D eigenvalue weighted by molar-refractivity contribution is 6.30. The lowest BCUT2D eigenvalue weighted by Gasteiger charge is -2.08. The number of methoxy groups -OCH3 is 1. The highest BCUT2D eigenvalue weighted by atomic mass is 35.5. The lowest BCUT2D eigenvalue weighted by molar-refractivity contribution is 0.0684. The van der Waals surface area contributed by atoms with Crippen molar-refractivity contribution >= 4 is 17.6 Å². The minimum Gasteiger partial charge on any atom is -0.492 e. The Balaban J connectivity index is 1.99. The van der Waals surface area contributed by atoms with E-state index in [1.54, 1.807) is 24.3 Å². The van der Waals surface area contributed by atoms with Crippen molar-refractivity contribution in [3.63, 3.8) is 0 Å². The molecular weight excluding hydrogens is 298 g/mol. The number of rotatable bonds is 7. The smallest absolute Gasteiger partial charge is 0.358 e. The zero-order valence-electron chi connectivity index (χ0n) is 11.3. The highest BCUT2D eigenvalue weighted by Crippen LogP contribution is 2.15. The molecule has 0 aliphatic heterocycles. The first-order valence-electron chi connectivity index (χ1n) is 6.14. The van der Waals surface area contributed by atoms with Crippen molar-refractivity contribution in [1.29, 1.82) is 0 Å². The Hall–Kier alpha value is -2.12. The molecule has 2 rings (SSSR count). The molecule has 0 unspecified atom stereocenters. The summed E-state index contributed by atoms with van der Waals surface area (Å²) in [5.41, 5.74) is 0.299. The number of halogens is 1. The molecule has 1 N–H and O–H groups in total. The third-order valence-electron chi connectivity index (χ3n) is 2.71. The van der Waals surface area contributed by atoms with Crippen molar-refractivity contribution in [2.24, 2.45) is 0 Å². The number of aromatic carboxylic acids is 1. The normalized spacial score (nSPS) is 10.6. The molecule has 0 saturated heterocycles. The second-order valence-corrected chi connectivity index (χ2v) is 4.58. The largest absolute Gasteiger partial charge is 0.492 e. The average molecular weight is 312 g/mol. The summed E-state index contributed by atoms with van der Waals surface area (Å²) in [7, 11) is 1.48.